The number of nitrogens with zero attached hydrogens (tertiary/aromatic N) is 1. The first-order valence-corrected chi connectivity index (χ1v) is 8.47. The van der Waals surface area contributed by atoms with Crippen molar-refractivity contribution in [2.75, 3.05) is 26.8 Å². The average molecular weight is 343 g/mol. The van der Waals surface area contributed by atoms with Crippen LogP contribution in [0, 0.1) is 11.7 Å². The fourth-order valence-electron chi connectivity index (χ4n) is 3.07. The number of ether oxygens (including phenoxy) is 2. The number of amides is 1. The molecule has 0 aliphatic carbocycles. The molecule has 0 spiro atoms. The molecule has 1 amide bonds. The van der Waals surface area contributed by atoms with Crippen LogP contribution in [0.25, 0.3) is 0 Å². The third-order valence-corrected chi connectivity index (χ3v) is 4.42. The number of rotatable bonds is 5. The molecule has 5 heteroatoms. The number of likely N-dealkylation sites (tertiary alicyclic amines) is 1. The van der Waals surface area contributed by atoms with E-state index in [-0.39, 0.29) is 17.6 Å². The van der Waals surface area contributed by atoms with E-state index in [4.69, 9.17) is 9.47 Å². The van der Waals surface area contributed by atoms with Crippen molar-refractivity contribution in [1.82, 2.24) is 4.90 Å². The third kappa shape index (κ3) is 4.50. The summed E-state index contributed by atoms with van der Waals surface area (Å²) in [6.07, 6.45) is 1.97. The highest BCUT2D eigenvalue weighted by atomic mass is 19.1. The van der Waals surface area contributed by atoms with E-state index in [1.807, 2.05) is 23.1 Å². The Morgan fingerprint density at radius 1 is 1.20 bits per heavy atom. The molecule has 4 nitrogen and oxygen atoms in total. The number of hydrogen-bond acceptors (Lipinski definition) is 3. The summed E-state index contributed by atoms with van der Waals surface area (Å²) < 4.78 is 23.9. The highest BCUT2D eigenvalue weighted by Crippen LogP contribution is 2.22. The van der Waals surface area contributed by atoms with Gasteiger partial charge in [-0.3, -0.25) is 4.79 Å². The standard InChI is InChI=1S/C20H22FNO3/c1-24-19-6-2-5-16(12-19)20(23)22-11-3-4-15(13-22)14-25-18-9-7-17(21)8-10-18/h2,5-10,12,15H,3-4,11,13-14H2,1H3. The minimum atomic E-state index is -0.278. The van der Waals surface area contributed by atoms with Gasteiger partial charge in [0.05, 0.1) is 13.7 Å². The largest absolute Gasteiger partial charge is 0.497 e. The van der Waals surface area contributed by atoms with Gasteiger partial charge in [-0.1, -0.05) is 6.07 Å². The normalized spacial score (nSPS) is 17.2. The lowest BCUT2D eigenvalue weighted by molar-refractivity contribution is 0.0633. The highest BCUT2D eigenvalue weighted by Gasteiger charge is 2.25. The monoisotopic (exact) mass is 343 g/mol. The van der Waals surface area contributed by atoms with Crippen LogP contribution in [0.2, 0.25) is 0 Å². The summed E-state index contributed by atoms with van der Waals surface area (Å²) in [6.45, 7) is 1.94. The maximum Gasteiger partial charge on any atom is 0.253 e. The lowest BCUT2D eigenvalue weighted by Crippen LogP contribution is -2.41. The minimum Gasteiger partial charge on any atom is -0.497 e. The number of hydrogen-bond donors (Lipinski definition) is 0. The number of piperidine rings is 1. The van der Waals surface area contributed by atoms with Gasteiger partial charge in [0.2, 0.25) is 0 Å². The molecule has 0 saturated carbocycles. The van der Waals surface area contributed by atoms with Crippen LogP contribution in [0.4, 0.5) is 4.39 Å². The first-order chi connectivity index (χ1) is 12.2. The molecular weight excluding hydrogens is 321 g/mol. The molecule has 1 aliphatic rings. The van der Waals surface area contributed by atoms with E-state index in [9.17, 15) is 9.18 Å². The molecule has 132 valence electrons. The Morgan fingerprint density at radius 3 is 2.76 bits per heavy atom. The summed E-state index contributed by atoms with van der Waals surface area (Å²) in [4.78, 5) is 14.6. The van der Waals surface area contributed by atoms with Crippen LogP contribution >= 0.6 is 0 Å². The Hall–Kier alpha value is -2.56. The second-order valence-corrected chi connectivity index (χ2v) is 6.26. The fourth-order valence-corrected chi connectivity index (χ4v) is 3.07. The molecular formula is C20H22FNO3. The Kier molecular flexibility index (Phi) is 5.53. The van der Waals surface area contributed by atoms with E-state index in [1.165, 1.54) is 12.1 Å². The topological polar surface area (TPSA) is 38.8 Å². The predicted molar refractivity (Wildman–Crippen MR) is 93.5 cm³/mol. The van der Waals surface area contributed by atoms with Crippen LogP contribution in [0.5, 0.6) is 11.5 Å². The fraction of sp³-hybridized carbons (Fsp3) is 0.350. The van der Waals surface area contributed by atoms with Crippen molar-refractivity contribution >= 4 is 5.91 Å². The van der Waals surface area contributed by atoms with E-state index < -0.39 is 0 Å². The van der Waals surface area contributed by atoms with E-state index in [0.717, 1.165) is 19.4 Å². The van der Waals surface area contributed by atoms with Crippen LogP contribution < -0.4 is 9.47 Å². The van der Waals surface area contributed by atoms with Crippen LogP contribution in [-0.4, -0.2) is 37.6 Å². The molecule has 1 aliphatic heterocycles. The molecule has 1 unspecified atom stereocenters. The van der Waals surface area contributed by atoms with Crippen LogP contribution in [0.15, 0.2) is 48.5 Å². The van der Waals surface area contributed by atoms with Gasteiger partial charge in [-0.05, 0) is 55.3 Å². The maximum absolute atomic E-state index is 12.9. The zero-order valence-corrected chi connectivity index (χ0v) is 14.3. The van der Waals surface area contributed by atoms with Gasteiger partial charge >= 0.3 is 0 Å². The zero-order chi connectivity index (χ0) is 17.6. The van der Waals surface area contributed by atoms with Gasteiger partial charge in [-0.2, -0.15) is 0 Å². The molecule has 25 heavy (non-hydrogen) atoms. The third-order valence-electron chi connectivity index (χ3n) is 4.42. The second-order valence-electron chi connectivity index (χ2n) is 6.26. The van der Waals surface area contributed by atoms with Crippen LogP contribution in [-0.2, 0) is 0 Å². The Balaban J connectivity index is 1.58. The Bertz CT molecular complexity index is 717. The van der Waals surface area contributed by atoms with Crippen LogP contribution in [0.3, 0.4) is 0 Å². The molecule has 1 atom stereocenters. The molecule has 1 saturated heterocycles. The maximum atomic E-state index is 12.9. The van der Waals surface area contributed by atoms with Gasteiger partial charge in [0.1, 0.15) is 17.3 Å². The Morgan fingerprint density at radius 2 is 2.00 bits per heavy atom. The summed E-state index contributed by atoms with van der Waals surface area (Å²) in [5.41, 5.74) is 0.638. The molecule has 2 aromatic rings. The first-order valence-electron chi connectivity index (χ1n) is 8.47. The van der Waals surface area contributed by atoms with Gasteiger partial charge in [0.15, 0.2) is 0 Å². The summed E-state index contributed by atoms with van der Waals surface area (Å²) in [5, 5.41) is 0. The number of carbonyl (C=O) groups excluding carboxylic acids is 1. The van der Waals surface area contributed by atoms with Gasteiger partial charge in [-0.25, -0.2) is 4.39 Å². The van der Waals surface area contributed by atoms with Gasteiger partial charge in [0, 0.05) is 24.6 Å². The summed E-state index contributed by atoms with van der Waals surface area (Å²) in [6, 6.07) is 13.2. The van der Waals surface area contributed by atoms with Crippen molar-refractivity contribution in [1.29, 1.82) is 0 Å². The first kappa shape index (κ1) is 17.3. The molecule has 0 bridgehead atoms. The number of benzene rings is 2. The van der Waals surface area contributed by atoms with Crippen molar-refractivity contribution < 1.29 is 18.7 Å². The molecule has 1 heterocycles. The van der Waals surface area contributed by atoms with E-state index in [1.54, 1.807) is 25.3 Å². The average Bonchev–Trinajstić information content (AvgIpc) is 2.67. The Labute approximate surface area is 147 Å². The lowest BCUT2D eigenvalue weighted by atomic mass is 9.98. The quantitative estimate of drug-likeness (QED) is 0.830. The summed E-state index contributed by atoms with van der Waals surface area (Å²) in [7, 11) is 1.59. The van der Waals surface area contributed by atoms with Gasteiger partial charge in [0.25, 0.3) is 5.91 Å². The molecule has 0 N–H and O–H groups in total. The molecule has 0 radical (unpaired) electrons. The van der Waals surface area contributed by atoms with E-state index in [0.29, 0.717) is 30.2 Å². The van der Waals surface area contributed by atoms with Gasteiger partial charge < -0.3 is 14.4 Å². The van der Waals surface area contributed by atoms with Gasteiger partial charge in [-0.15, -0.1) is 0 Å². The van der Waals surface area contributed by atoms with Crippen molar-refractivity contribution in [2.24, 2.45) is 5.92 Å². The van der Waals surface area contributed by atoms with Crippen molar-refractivity contribution in [2.45, 2.75) is 12.8 Å². The highest BCUT2D eigenvalue weighted by molar-refractivity contribution is 5.94. The van der Waals surface area contributed by atoms with Crippen molar-refractivity contribution in [3.8, 4) is 11.5 Å². The number of halogens is 1. The van der Waals surface area contributed by atoms with E-state index in [2.05, 4.69) is 0 Å². The zero-order valence-electron chi connectivity index (χ0n) is 14.3. The molecule has 1 fully saturated rings. The number of methoxy groups -OCH3 is 1. The lowest BCUT2D eigenvalue weighted by Gasteiger charge is -2.32. The number of carbonyl (C=O) groups is 1. The predicted octanol–water partition coefficient (Wildman–Crippen LogP) is 3.77. The molecule has 3 rings (SSSR count). The van der Waals surface area contributed by atoms with Crippen molar-refractivity contribution in [3.05, 3.63) is 59.9 Å². The molecule has 0 aromatic heterocycles. The van der Waals surface area contributed by atoms with Crippen LogP contribution in [0.1, 0.15) is 23.2 Å². The van der Waals surface area contributed by atoms with Crippen molar-refractivity contribution in [3.63, 3.8) is 0 Å². The SMILES string of the molecule is COc1cccc(C(=O)N2CCCC(COc3ccc(F)cc3)C2)c1. The second kappa shape index (κ2) is 8.01. The summed E-state index contributed by atoms with van der Waals surface area (Å²) in [5.74, 6) is 1.34. The molecule has 2 aromatic carbocycles. The van der Waals surface area contributed by atoms with E-state index >= 15 is 0 Å². The minimum absolute atomic E-state index is 0.0189. The summed E-state index contributed by atoms with van der Waals surface area (Å²) >= 11 is 0. The smallest absolute Gasteiger partial charge is 0.253 e.